The maximum absolute atomic E-state index is 12.5. The Morgan fingerprint density at radius 3 is 1.02 bits per heavy atom. The molecule has 0 aliphatic rings. The van der Waals surface area contributed by atoms with Gasteiger partial charge >= 0.3 is 0 Å². The minimum absolute atomic E-state index is 0.368. The minimum Gasteiger partial charge on any atom is -0.394 e. The molecule has 0 rings (SSSR count). The molecular weight excluding hydrogens is 731 g/mol. The van der Waals surface area contributed by atoms with Crippen LogP contribution in [-0.2, 0) is 4.79 Å². The Hall–Kier alpha value is -0.950. The third kappa shape index (κ3) is 42.1. The normalized spacial score (nSPS) is 13.9. The number of amides is 1. The second kappa shape index (κ2) is 48.1. The first-order valence-corrected chi connectivity index (χ1v) is 26.6. The number of hydrogen-bond acceptors (Lipinski definition) is 5. The standard InChI is InChI=1S/C53H105NO5/c1-3-5-7-9-11-13-15-17-18-19-20-21-22-23-24-25-26-27-28-29-30-31-32-33-34-35-37-39-41-43-45-47-51(57)53(59)54-49(48-55)52(58)50(56)46-44-42-40-38-36-16-14-12-10-8-6-4-2/h38,40,49-52,55-58H,3-37,39,41-48H2,1-2H3,(H,54,59)/b40-38+. The van der Waals surface area contributed by atoms with E-state index in [1.165, 1.54) is 225 Å². The van der Waals surface area contributed by atoms with Gasteiger partial charge in [0.2, 0.25) is 5.91 Å². The van der Waals surface area contributed by atoms with Crippen molar-refractivity contribution in [2.24, 2.45) is 0 Å². The molecule has 0 fully saturated rings. The van der Waals surface area contributed by atoms with E-state index in [0.717, 1.165) is 38.5 Å². The highest BCUT2D eigenvalue weighted by Gasteiger charge is 2.28. The number of carbonyl (C=O) groups excluding carboxylic acids is 1. The zero-order valence-electron chi connectivity index (χ0n) is 39.8. The van der Waals surface area contributed by atoms with Crippen LogP contribution in [0.25, 0.3) is 0 Å². The van der Waals surface area contributed by atoms with E-state index in [1.807, 2.05) is 0 Å². The highest BCUT2D eigenvalue weighted by atomic mass is 16.3. The maximum atomic E-state index is 12.5. The summed E-state index contributed by atoms with van der Waals surface area (Å²) in [6.07, 6.45) is 55.8. The highest BCUT2D eigenvalue weighted by molar-refractivity contribution is 5.80. The van der Waals surface area contributed by atoms with Gasteiger partial charge in [0, 0.05) is 0 Å². The second-order valence-corrected chi connectivity index (χ2v) is 18.6. The SMILES string of the molecule is CCCCCCCCC/C=C/CCCC(O)C(O)C(CO)NC(=O)C(O)CCCCCCCCCCCCCCCCCCCCCCCCCCCCCCCCC. The van der Waals surface area contributed by atoms with Crippen molar-refractivity contribution in [1.29, 1.82) is 0 Å². The van der Waals surface area contributed by atoms with E-state index < -0.39 is 36.9 Å². The van der Waals surface area contributed by atoms with Crippen LogP contribution in [0.5, 0.6) is 0 Å². The summed E-state index contributed by atoms with van der Waals surface area (Å²) in [7, 11) is 0. The van der Waals surface area contributed by atoms with Crippen molar-refractivity contribution in [3.8, 4) is 0 Å². The molecule has 5 N–H and O–H groups in total. The number of allylic oxidation sites excluding steroid dienone is 2. The Labute approximate surface area is 368 Å². The van der Waals surface area contributed by atoms with Crippen LogP contribution in [0.1, 0.15) is 290 Å². The molecular formula is C53H105NO5. The summed E-state index contributed by atoms with van der Waals surface area (Å²) in [6, 6.07) is -0.997. The summed E-state index contributed by atoms with van der Waals surface area (Å²) in [4.78, 5) is 12.5. The number of nitrogens with one attached hydrogen (secondary N) is 1. The van der Waals surface area contributed by atoms with Crippen molar-refractivity contribution in [1.82, 2.24) is 5.32 Å². The molecule has 59 heavy (non-hydrogen) atoms. The average Bonchev–Trinajstić information content (AvgIpc) is 3.24. The Kier molecular flexibility index (Phi) is 47.3. The minimum atomic E-state index is -1.28. The van der Waals surface area contributed by atoms with Crippen molar-refractivity contribution in [3.63, 3.8) is 0 Å². The van der Waals surface area contributed by atoms with E-state index in [9.17, 15) is 25.2 Å². The lowest BCUT2D eigenvalue weighted by Gasteiger charge is -2.27. The fraction of sp³-hybridized carbons (Fsp3) is 0.943. The van der Waals surface area contributed by atoms with Crippen LogP contribution in [0.3, 0.4) is 0 Å². The Morgan fingerprint density at radius 1 is 0.407 bits per heavy atom. The van der Waals surface area contributed by atoms with Gasteiger partial charge in [-0.1, -0.05) is 264 Å². The molecule has 6 heteroatoms. The number of carbonyl (C=O) groups is 1. The molecule has 0 saturated heterocycles. The Balaban J connectivity index is 3.54. The summed E-state index contributed by atoms with van der Waals surface area (Å²) in [6.45, 7) is 4.05. The zero-order chi connectivity index (χ0) is 43.1. The first-order chi connectivity index (χ1) is 29.0. The van der Waals surface area contributed by atoms with Gasteiger partial charge in [-0.15, -0.1) is 0 Å². The van der Waals surface area contributed by atoms with E-state index in [1.54, 1.807) is 0 Å². The summed E-state index contributed by atoms with van der Waals surface area (Å²) in [5.41, 5.74) is 0. The quantitative estimate of drug-likeness (QED) is 0.0310. The van der Waals surface area contributed by atoms with E-state index >= 15 is 0 Å². The summed E-state index contributed by atoms with van der Waals surface area (Å²) < 4.78 is 0. The van der Waals surface area contributed by atoms with Gasteiger partial charge < -0.3 is 25.7 Å². The van der Waals surface area contributed by atoms with Crippen molar-refractivity contribution in [2.45, 2.75) is 314 Å². The average molecular weight is 836 g/mol. The van der Waals surface area contributed by atoms with E-state index in [2.05, 4.69) is 31.3 Å². The molecule has 4 atom stereocenters. The van der Waals surface area contributed by atoms with Crippen molar-refractivity contribution in [3.05, 3.63) is 12.2 Å². The predicted octanol–water partition coefficient (Wildman–Crippen LogP) is 14.9. The van der Waals surface area contributed by atoms with Gasteiger partial charge in [-0.3, -0.25) is 4.79 Å². The topological polar surface area (TPSA) is 110 Å². The molecule has 0 aliphatic heterocycles. The largest absolute Gasteiger partial charge is 0.394 e. The van der Waals surface area contributed by atoms with Crippen LogP contribution in [0.4, 0.5) is 0 Å². The summed E-state index contributed by atoms with van der Waals surface area (Å²) in [5, 5.41) is 43.7. The third-order valence-corrected chi connectivity index (χ3v) is 12.7. The van der Waals surface area contributed by atoms with Crippen LogP contribution in [0, 0.1) is 0 Å². The fourth-order valence-electron chi connectivity index (χ4n) is 8.53. The van der Waals surface area contributed by atoms with Gasteiger partial charge in [0.1, 0.15) is 12.2 Å². The third-order valence-electron chi connectivity index (χ3n) is 12.7. The number of unbranched alkanes of at least 4 members (excludes halogenated alkanes) is 38. The molecule has 0 spiro atoms. The first-order valence-electron chi connectivity index (χ1n) is 26.6. The molecule has 0 aliphatic carbocycles. The maximum Gasteiger partial charge on any atom is 0.249 e. The fourth-order valence-corrected chi connectivity index (χ4v) is 8.53. The van der Waals surface area contributed by atoms with Gasteiger partial charge in [0.15, 0.2) is 0 Å². The number of aliphatic hydroxyl groups excluding tert-OH is 4. The molecule has 0 aromatic carbocycles. The number of hydrogen-bond donors (Lipinski definition) is 5. The van der Waals surface area contributed by atoms with Gasteiger partial charge in [-0.2, -0.15) is 0 Å². The van der Waals surface area contributed by atoms with E-state index in [4.69, 9.17) is 0 Å². The molecule has 0 aromatic rings. The van der Waals surface area contributed by atoms with Crippen LogP contribution in [0.15, 0.2) is 12.2 Å². The number of rotatable bonds is 49. The van der Waals surface area contributed by atoms with Crippen molar-refractivity contribution in [2.75, 3.05) is 6.61 Å². The lowest BCUT2D eigenvalue weighted by Crippen LogP contribution is -2.53. The second-order valence-electron chi connectivity index (χ2n) is 18.6. The van der Waals surface area contributed by atoms with Crippen LogP contribution in [-0.4, -0.2) is 57.3 Å². The molecule has 6 nitrogen and oxygen atoms in total. The molecule has 4 unspecified atom stereocenters. The zero-order valence-corrected chi connectivity index (χ0v) is 39.8. The van der Waals surface area contributed by atoms with E-state index in [-0.39, 0.29) is 0 Å². The Morgan fingerprint density at radius 2 is 0.695 bits per heavy atom. The molecule has 0 radical (unpaired) electrons. The molecule has 0 saturated carbocycles. The van der Waals surface area contributed by atoms with Gasteiger partial charge in [0.25, 0.3) is 0 Å². The predicted molar refractivity (Wildman–Crippen MR) is 256 cm³/mol. The smallest absolute Gasteiger partial charge is 0.249 e. The van der Waals surface area contributed by atoms with Gasteiger partial charge in [0.05, 0.1) is 18.8 Å². The molecule has 1 amide bonds. The number of aliphatic hydroxyl groups is 4. The molecule has 0 bridgehead atoms. The van der Waals surface area contributed by atoms with Crippen molar-refractivity contribution < 1.29 is 25.2 Å². The molecule has 0 aromatic heterocycles. The Bertz CT molecular complexity index is 852. The van der Waals surface area contributed by atoms with Gasteiger partial charge in [-0.05, 0) is 38.5 Å². The van der Waals surface area contributed by atoms with Crippen molar-refractivity contribution >= 4 is 5.91 Å². The molecule has 0 heterocycles. The lowest BCUT2D eigenvalue weighted by molar-refractivity contribution is -0.132. The van der Waals surface area contributed by atoms with E-state index in [0.29, 0.717) is 12.8 Å². The highest BCUT2D eigenvalue weighted by Crippen LogP contribution is 2.18. The summed E-state index contributed by atoms with van der Waals surface area (Å²) >= 11 is 0. The van der Waals surface area contributed by atoms with Crippen LogP contribution in [0.2, 0.25) is 0 Å². The lowest BCUT2D eigenvalue weighted by atomic mass is 10.00. The van der Waals surface area contributed by atoms with Crippen LogP contribution >= 0.6 is 0 Å². The first kappa shape index (κ1) is 58.0. The summed E-state index contributed by atoms with van der Waals surface area (Å²) in [5.74, 6) is -0.589. The van der Waals surface area contributed by atoms with Gasteiger partial charge in [-0.25, -0.2) is 0 Å². The monoisotopic (exact) mass is 836 g/mol. The van der Waals surface area contributed by atoms with Crippen LogP contribution < -0.4 is 5.32 Å². The molecule has 352 valence electrons.